The highest BCUT2D eigenvalue weighted by molar-refractivity contribution is 5.83. The molecule has 3 aliphatic heterocycles. The number of carbonyl (C=O) groups excluding carboxylic acids is 2. The van der Waals surface area contributed by atoms with Gasteiger partial charge in [-0.2, -0.15) is 0 Å². The molecule has 2 aromatic carbocycles. The smallest absolute Gasteiger partial charge is 0.316 e. The number of hydrogen-bond donors (Lipinski definition) is 1. The van der Waals surface area contributed by atoms with Crippen LogP contribution >= 0.6 is 0 Å². The van der Waals surface area contributed by atoms with Gasteiger partial charge in [0.05, 0.1) is 25.2 Å². The van der Waals surface area contributed by atoms with E-state index < -0.39 is 11.3 Å². The van der Waals surface area contributed by atoms with Gasteiger partial charge in [0, 0.05) is 31.5 Å². The molecule has 3 saturated heterocycles. The molecule has 0 unspecified atom stereocenters. The zero-order chi connectivity index (χ0) is 32.5. The van der Waals surface area contributed by atoms with Crippen LogP contribution in [0.15, 0.2) is 60.7 Å². The van der Waals surface area contributed by atoms with E-state index in [-0.39, 0.29) is 24.6 Å². The third-order valence-corrected chi connectivity index (χ3v) is 10.4. The molecule has 2 aromatic rings. The summed E-state index contributed by atoms with van der Waals surface area (Å²) in [6.45, 7) is 8.56. The summed E-state index contributed by atoms with van der Waals surface area (Å²) in [6.07, 6.45) is 6.21. The minimum Gasteiger partial charge on any atom is -0.463 e. The molecule has 46 heavy (non-hydrogen) atoms. The number of piperidine rings is 1. The first-order valence-electron chi connectivity index (χ1n) is 17.2. The van der Waals surface area contributed by atoms with Gasteiger partial charge < -0.3 is 29.0 Å². The molecule has 6 rings (SSSR count). The first kappa shape index (κ1) is 34.5. The van der Waals surface area contributed by atoms with Crippen molar-refractivity contribution in [2.24, 2.45) is 0 Å². The first-order valence-corrected chi connectivity index (χ1v) is 17.2. The lowest BCUT2D eigenvalue weighted by atomic mass is 9.79. The standard InChI is InChI=1S/C20H31NO3.C17H21NO4/c1-3-21(4-2)14-15-23-16-17-24-19(22)20(12-8-9-13-20)18-10-6-5-7-11-18;1-18-13-7-11(8-14(18)16-15(13)22-16)21-17(20)12(9-19)10-5-3-2-4-6-10/h5-7,10-11H,3-4,8-9,12-17H2,1-2H3;2-6,11-16,19H,7-9H2,1H3/t;11-,12-,13-,14+,15-,16+/m.1/s1. The second-order valence-corrected chi connectivity index (χ2v) is 13.0. The number of aliphatic hydroxyl groups is 1. The van der Waals surface area contributed by atoms with Gasteiger partial charge in [0.1, 0.15) is 30.8 Å². The Kier molecular flexibility index (Phi) is 12.3. The van der Waals surface area contributed by atoms with E-state index in [0.717, 1.165) is 69.3 Å². The monoisotopic (exact) mass is 636 g/mol. The lowest BCUT2D eigenvalue weighted by Crippen LogP contribution is -2.48. The van der Waals surface area contributed by atoms with Gasteiger partial charge in [-0.1, -0.05) is 87.4 Å². The number of morpholine rings is 1. The van der Waals surface area contributed by atoms with Crippen molar-refractivity contribution >= 4 is 11.9 Å². The van der Waals surface area contributed by atoms with Crippen LogP contribution in [0.5, 0.6) is 0 Å². The molecule has 252 valence electrons. The summed E-state index contributed by atoms with van der Waals surface area (Å²) in [5.74, 6) is -1.000. The zero-order valence-electron chi connectivity index (χ0n) is 27.7. The van der Waals surface area contributed by atoms with Gasteiger partial charge in [-0.25, -0.2) is 0 Å². The Morgan fingerprint density at radius 3 is 2.13 bits per heavy atom. The number of epoxide rings is 1. The molecule has 4 fully saturated rings. The maximum Gasteiger partial charge on any atom is 0.316 e. The molecule has 1 aliphatic carbocycles. The average molecular weight is 637 g/mol. The van der Waals surface area contributed by atoms with Crippen LogP contribution in [0, 0.1) is 0 Å². The highest BCUT2D eigenvalue weighted by Gasteiger charge is 2.62. The Morgan fingerprint density at radius 1 is 0.935 bits per heavy atom. The van der Waals surface area contributed by atoms with Crippen molar-refractivity contribution in [3.05, 3.63) is 71.8 Å². The van der Waals surface area contributed by atoms with Crippen molar-refractivity contribution in [2.75, 3.05) is 53.1 Å². The normalized spacial score (nSPS) is 26.5. The first-order chi connectivity index (χ1) is 22.4. The number of fused-ring (bicyclic) bond motifs is 5. The maximum atomic E-state index is 12.7. The van der Waals surface area contributed by atoms with Gasteiger partial charge in [0.15, 0.2) is 0 Å². The molecule has 0 amide bonds. The fraction of sp³-hybridized carbons (Fsp3) is 0.622. The lowest BCUT2D eigenvalue weighted by Gasteiger charge is -2.38. The van der Waals surface area contributed by atoms with Crippen molar-refractivity contribution < 1.29 is 33.6 Å². The van der Waals surface area contributed by atoms with E-state index in [1.165, 1.54) is 0 Å². The molecule has 0 radical (unpaired) electrons. The third-order valence-electron chi connectivity index (χ3n) is 10.4. The number of ether oxygens (including phenoxy) is 4. The quantitative estimate of drug-likeness (QED) is 0.185. The topological polar surface area (TPSA) is 101 Å². The molecule has 0 aromatic heterocycles. The Morgan fingerprint density at radius 2 is 1.54 bits per heavy atom. The molecule has 1 N–H and O–H groups in total. The fourth-order valence-corrected chi connectivity index (χ4v) is 7.56. The number of benzene rings is 2. The summed E-state index contributed by atoms with van der Waals surface area (Å²) in [5, 5.41) is 9.56. The van der Waals surface area contributed by atoms with E-state index >= 15 is 0 Å². The number of likely N-dealkylation sites (N-methyl/N-ethyl adjacent to an activating group) is 2. The average Bonchev–Trinajstić information content (AvgIpc) is 3.67. The molecule has 2 bridgehead atoms. The second-order valence-electron chi connectivity index (χ2n) is 13.0. The summed E-state index contributed by atoms with van der Waals surface area (Å²) in [4.78, 5) is 29.8. The molecule has 6 atom stereocenters. The SMILES string of the molecule is CCN(CC)CCOCCOC(=O)C1(c2ccccc2)CCCC1.CN1[C@@H]2C[C@@H](OC(=O)[C@H](CO)c3ccccc3)C[C@H]1[C@@H]1O[C@@H]12. The Hall–Kier alpha value is -2.82. The number of hydrogen-bond acceptors (Lipinski definition) is 9. The molecule has 4 aliphatic rings. The predicted octanol–water partition coefficient (Wildman–Crippen LogP) is 4.32. The summed E-state index contributed by atoms with van der Waals surface area (Å²) in [5.41, 5.74) is 1.45. The lowest BCUT2D eigenvalue weighted by molar-refractivity contribution is -0.156. The van der Waals surface area contributed by atoms with Gasteiger partial charge in [-0.05, 0) is 44.1 Å². The van der Waals surface area contributed by atoms with E-state index in [4.69, 9.17) is 18.9 Å². The third kappa shape index (κ3) is 8.00. The number of nitrogens with zero attached hydrogens (tertiary/aromatic N) is 2. The van der Waals surface area contributed by atoms with Crippen LogP contribution in [0.1, 0.15) is 69.4 Å². The highest BCUT2D eigenvalue weighted by atomic mass is 16.6. The van der Waals surface area contributed by atoms with Crippen LogP contribution in [0.3, 0.4) is 0 Å². The van der Waals surface area contributed by atoms with Gasteiger partial charge in [-0.15, -0.1) is 0 Å². The van der Waals surface area contributed by atoms with Crippen molar-refractivity contribution in [3.8, 4) is 0 Å². The van der Waals surface area contributed by atoms with Gasteiger partial charge in [0.25, 0.3) is 0 Å². The van der Waals surface area contributed by atoms with Crippen molar-refractivity contribution in [3.63, 3.8) is 0 Å². The maximum absolute atomic E-state index is 12.7. The highest BCUT2D eigenvalue weighted by Crippen LogP contribution is 2.48. The summed E-state index contributed by atoms with van der Waals surface area (Å²) < 4.78 is 22.5. The fourth-order valence-electron chi connectivity index (χ4n) is 7.56. The number of aliphatic hydroxyl groups excluding tert-OH is 1. The molecular formula is C37H52N2O7. The Labute approximate surface area is 274 Å². The molecule has 9 heteroatoms. The van der Waals surface area contributed by atoms with Gasteiger partial charge in [0.2, 0.25) is 0 Å². The molecule has 0 spiro atoms. The zero-order valence-corrected chi connectivity index (χ0v) is 27.7. The number of carbonyl (C=O) groups is 2. The van der Waals surface area contributed by atoms with Crippen LogP contribution in [-0.4, -0.2) is 110 Å². The minimum atomic E-state index is -0.593. The minimum absolute atomic E-state index is 0.0622. The van der Waals surface area contributed by atoms with Crippen LogP contribution in [0.25, 0.3) is 0 Å². The Bertz CT molecular complexity index is 1220. The second kappa shape index (κ2) is 16.3. The number of esters is 2. The Balaban J connectivity index is 0.000000182. The van der Waals surface area contributed by atoms with Crippen LogP contribution in [-0.2, 0) is 34.0 Å². The molecule has 9 nitrogen and oxygen atoms in total. The molecular weight excluding hydrogens is 584 g/mol. The van der Waals surface area contributed by atoms with E-state index in [1.54, 1.807) is 0 Å². The summed E-state index contributed by atoms with van der Waals surface area (Å²) in [6, 6.07) is 20.1. The van der Waals surface area contributed by atoms with Crippen molar-refractivity contribution in [2.45, 2.75) is 94.1 Å². The van der Waals surface area contributed by atoms with E-state index in [1.807, 2.05) is 60.7 Å². The molecule has 3 heterocycles. The van der Waals surface area contributed by atoms with E-state index in [9.17, 15) is 14.7 Å². The summed E-state index contributed by atoms with van der Waals surface area (Å²) in [7, 11) is 2.13. The van der Waals surface area contributed by atoms with Crippen molar-refractivity contribution in [1.29, 1.82) is 0 Å². The van der Waals surface area contributed by atoms with Crippen LogP contribution in [0.2, 0.25) is 0 Å². The van der Waals surface area contributed by atoms with Crippen LogP contribution < -0.4 is 0 Å². The number of rotatable bonds is 14. The largest absolute Gasteiger partial charge is 0.463 e. The van der Waals surface area contributed by atoms with Gasteiger partial charge >= 0.3 is 11.9 Å². The summed E-state index contributed by atoms with van der Waals surface area (Å²) >= 11 is 0. The van der Waals surface area contributed by atoms with Crippen molar-refractivity contribution in [1.82, 2.24) is 9.80 Å². The predicted molar refractivity (Wildman–Crippen MR) is 176 cm³/mol. The van der Waals surface area contributed by atoms with Crippen LogP contribution in [0.4, 0.5) is 0 Å². The molecule has 1 saturated carbocycles. The van der Waals surface area contributed by atoms with E-state index in [0.29, 0.717) is 44.1 Å². The van der Waals surface area contributed by atoms with E-state index in [2.05, 4.69) is 30.7 Å². The van der Waals surface area contributed by atoms with Gasteiger partial charge in [-0.3, -0.25) is 14.5 Å².